The summed E-state index contributed by atoms with van der Waals surface area (Å²) in [5.74, 6) is -0.109. The highest BCUT2D eigenvalue weighted by molar-refractivity contribution is 7.98. The lowest BCUT2D eigenvalue weighted by Crippen LogP contribution is -2.62. The van der Waals surface area contributed by atoms with Crippen LogP contribution in [0.5, 0.6) is 0 Å². The molecule has 0 aromatic carbocycles. The minimum atomic E-state index is -1.05. The van der Waals surface area contributed by atoms with Crippen LogP contribution >= 0.6 is 11.8 Å². The number of hydrogen-bond donors (Lipinski definition) is 2. The number of alkyl carbamates (subject to hydrolysis) is 1. The maximum atomic E-state index is 13.0. The molecule has 1 saturated carbocycles. The van der Waals surface area contributed by atoms with Gasteiger partial charge in [-0.05, 0) is 52.0 Å². The molecule has 7 nitrogen and oxygen atoms in total. The highest BCUT2D eigenvalue weighted by atomic mass is 32.2. The Hall–Kier alpha value is -1.44. The lowest BCUT2D eigenvalue weighted by atomic mass is 9.80. The van der Waals surface area contributed by atoms with E-state index in [0.717, 1.165) is 19.3 Å². The number of thioether (sulfide) groups is 1. The van der Waals surface area contributed by atoms with Crippen LogP contribution in [0.2, 0.25) is 0 Å². The first-order chi connectivity index (χ1) is 12.1. The molecule has 2 N–H and O–H groups in total. The van der Waals surface area contributed by atoms with Gasteiger partial charge in [0, 0.05) is 0 Å². The van der Waals surface area contributed by atoms with Gasteiger partial charge in [0.25, 0.3) is 0 Å². The molecule has 0 aromatic heterocycles. The van der Waals surface area contributed by atoms with Crippen molar-refractivity contribution >= 4 is 29.7 Å². The minimum absolute atomic E-state index is 0.348. The summed E-state index contributed by atoms with van der Waals surface area (Å²) in [5, 5.41) is 5.56. The van der Waals surface area contributed by atoms with Crippen LogP contribution in [0.25, 0.3) is 0 Å². The SMILES string of the molecule is COC(=O)[C@@H](CCSC)NC(=O)C1(NC(=O)OC(C)(C)C)CCCCC1. The van der Waals surface area contributed by atoms with E-state index in [2.05, 4.69) is 10.6 Å². The average Bonchev–Trinajstić information content (AvgIpc) is 2.56. The summed E-state index contributed by atoms with van der Waals surface area (Å²) < 4.78 is 10.1. The molecule has 0 radical (unpaired) electrons. The number of methoxy groups -OCH3 is 1. The lowest BCUT2D eigenvalue weighted by Gasteiger charge is -2.37. The zero-order valence-corrected chi connectivity index (χ0v) is 17.3. The Kier molecular flexibility index (Phi) is 8.73. The van der Waals surface area contributed by atoms with Gasteiger partial charge in [-0.3, -0.25) is 4.79 Å². The topological polar surface area (TPSA) is 93.7 Å². The van der Waals surface area contributed by atoms with E-state index < -0.39 is 29.2 Å². The van der Waals surface area contributed by atoms with E-state index in [1.165, 1.54) is 7.11 Å². The van der Waals surface area contributed by atoms with Crippen molar-refractivity contribution in [1.82, 2.24) is 10.6 Å². The van der Waals surface area contributed by atoms with Gasteiger partial charge in [0.2, 0.25) is 5.91 Å². The lowest BCUT2D eigenvalue weighted by molar-refractivity contribution is -0.146. The predicted octanol–water partition coefficient (Wildman–Crippen LogP) is 2.62. The number of rotatable bonds is 7. The normalized spacial score (nSPS) is 17.7. The molecule has 150 valence electrons. The molecule has 1 aliphatic carbocycles. The van der Waals surface area contributed by atoms with Crippen molar-refractivity contribution in [3.05, 3.63) is 0 Å². The summed E-state index contributed by atoms with van der Waals surface area (Å²) in [7, 11) is 1.30. The molecule has 0 bridgehead atoms. The van der Waals surface area contributed by atoms with Crippen molar-refractivity contribution in [2.75, 3.05) is 19.1 Å². The van der Waals surface area contributed by atoms with Crippen LogP contribution in [-0.2, 0) is 19.1 Å². The first-order valence-electron chi connectivity index (χ1n) is 9.02. The number of nitrogens with one attached hydrogen (secondary N) is 2. The molecule has 0 spiro atoms. The maximum absolute atomic E-state index is 13.0. The highest BCUT2D eigenvalue weighted by Crippen LogP contribution is 2.29. The third kappa shape index (κ3) is 7.05. The van der Waals surface area contributed by atoms with Gasteiger partial charge >= 0.3 is 12.1 Å². The van der Waals surface area contributed by atoms with Crippen molar-refractivity contribution < 1.29 is 23.9 Å². The van der Waals surface area contributed by atoms with E-state index in [4.69, 9.17) is 9.47 Å². The number of esters is 1. The Balaban J connectivity index is 2.90. The molecule has 1 fully saturated rings. The van der Waals surface area contributed by atoms with Gasteiger partial charge in [-0.25, -0.2) is 9.59 Å². The van der Waals surface area contributed by atoms with Crippen LogP contribution < -0.4 is 10.6 Å². The van der Waals surface area contributed by atoms with Gasteiger partial charge in [0.1, 0.15) is 17.2 Å². The summed E-state index contributed by atoms with van der Waals surface area (Å²) >= 11 is 1.59. The molecule has 1 rings (SSSR count). The van der Waals surface area contributed by atoms with Crippen LogP contribution in [-0.4, -0.2) is 54.3 Å². The Morgan fingerprint density at radius 2 is 1.77 bits per heavy atom. The molecule has 1 atom stereocenters. The van der Waals surface area contributed by atoms with Crippen molar-refractivity contribution in [1.29, 1.82) is 0 Å². The van der Waals surface area contributed by atoms with Gasteiger partial charge < -0.3 is 20.1 Å². The first kappa shape index (κ1) is 22.6. The number of carbonyl (C=O) groups is 3. The number of hydrogen-bond acceptors (Lipinski definition) is 6. The molecule has 26 heavy (non-hydrogen) atoms. The Labute approximate surface area is 160 Å². The molecular formula is C18H32N2O5S. The second-order valence-corrected chi connectivity index (χ2v) is 8.59. The van der Waals surface area contributed by atoms with E-state index in [0.29, 0.717) is 25.0 Å². The smallest absolute Gasteiger partial charge is 0.408 e. The number of amides is 2. The Morgan fingerprint density at radius 1 is 1.15 bits per heavy atom. The van der Waals surface area contributed by atoms with E-state index in [-0.39, 0.29) is 5.91 Å². The molecule has 0 aliphatic heterocycles. The molecule has 1 aliphatic rings. The zero-order valence-electron chi connectivity index (χ0n) is 16.5. The van der Waals surface area contributed by atoms with Gasteiger partial charge in [0.15, 0.2) is 0 Å². The van der Waals surface area contributed by atoms with Crippen molar-refractivity contribution in [2.24, 2.45) is 0 Å². The van der Waals surface area contributed by atoms with Crippen LogP contribution in [0.4, 0.5) is 4.79 Å². The largest absolute Gasteiger partial charge is 0.467 e. The Morgan fingerprint density at radius 3 is 2.27 bits per heavy atom. The molecule has 0 aromatic rings. The van der Waals surface area contributed by atoms with Crippen molar-refractivity contribution in [3.63, 3.8) is 0 Å². The second kappa shape index (κ2) is 10.0. The van der Waals surface area contributed by atoms with Gasteiger partial charge in [0.05, 0.1) is 7.11 Å². The molecule has 0 heterocycles. The summed E-state index contributed by atoms with van der Waals surface area (Å²) in [6.45, 7) is 5.32. The second-order valence-electron chi connectivity index (χ2n) is 7.60. The molecule has 2 amide bonds. The van der Waals surface area contributed by atoms with E-state index in [1.807, 2.05) is 6.26 Å². The summed E-state index contributed by atoms with van der Waals surface area (Å²) in [4.78, 5) is 37.3. The van der Waals surface area contributed by atoms with Crippen LogP contribution in [0, 0.1) is 0 Å². The number of ether oxygens (including phenoxy) is 2. The Bertz CT molecular complexity index is 498. The average molecular weight is 389 g/mol. The zero-order chi connectivity index (χ0) is 19.8. The fraction of sp³-hybridized carbons (Fsp3) is 0.833. The fourth-order valence-electron chi connectivity index (χ4n) is 2.99. The summed E-state index contributed by atoms with van der Waals surface area (Å²) in [6.07, 6.45) is 5.51. The van der Waals surface area contributed by atoms with E-state index >= 15 is 0 Å². The summed E-state index contributed by atoms with van der Waals surface area (Å²) in [6, 6.07) is -0.723. The van der Waals surface area contributed by atoms with Crippen LogP contribution in [0.3, 0.4) is 0 Å². The maximum Gasteiger partial charge on any atom is 0.408 e. The number of carbonyl (C=O) groups excluding carboxylic acids is 3. The molecule has 8 heteroatoms. The quantitative estimate of drug-likeness (QED) is 0.651. The molecule has 0 saturated heterocycles. The molecule has 0 unspecified atom stereocenters. The minimum Gasteiger partial charge on any atom is -0.467 e. The third-order valence-corrected chi connectivity index (χ3v) is 4.93. The predicted molar refractivity (Wildman–Crippen MR) is 102 cm³/mol. The first-order valence-corrected chi connectivity index (χ1v) is 10.4. The van der Waals surface area contributed by atoms with E-state index in [9.17, 15) is 14.4 Å². The standard InChI is InChI=1S/C18H32N2O5S/c1-17(2,3)25-16(23)20-18(10-7-6-8-11-18)15(22)19-13(9-12-26-5)14(21)24-4/h13H,6-12H2,1-5H3,(H,19,22)(H,20,23)/t13-/m1/s1. The van der Waals surface area contributed by atoms with Gasteiger partial charge in [-0.2, -0.15) is 11.8 Å². The van der Waals surface area contributed by atoms with Gasteiger partial charge in [-0.15, -0.1) is 0 Å². The monoisotopic (exact) mass is 388 g/mol. The van der Waals surface area contributed by atoms with Crippen LogP contribution in [0.1, 0.15) is 59.3 Å². The van der Waals surface area contributed by atoms with Crippen molar-refractivity contribution in [3.8, 4) is 0 Å². The summed E-state index contributed by atoms with van der Waals surface area (Å²) in [5.41, 5.74) is -1.70. The van der Waals surface area contributed by atoms with E-state index in [1.54, 1.807) is 32.5 Å². The highest BCUT2D eigenvalue weighted by Gasteiger charge is 2.43. The van der Waals surface area contributed by atoms with Crippen molar-refractivity contribution in [2.45, 2.75) is 76.5 Å². The fourth-order valence-corrected chi connectivity index (χ4v) is 3.46. The van der Waals surface area contributed by atoms with Gasteiger partial charge in [-0.1, -0.05) is 19.3 Å². The third-order valence-electron chi connectivity index (χ3n) is 4.28. The molecular weight excluding hydrogens is 356 g/mol. The van der Waals surface area contributed by atoms with Crippen LogP contribution in [0.15, 0.2) is 0 Å².